The van der Waals surface area contributed by atoms with Gasteiger partial charge in [-0.2, -0.15) is 4.31 Å². The third-order valence-electron chi connectivity index (χ3n) is 4.75. The SMILES string of the molecule is Cn1c[n+](C2OC(COP(=O)(O)OP(=O)(O)n3ccnc3)C(O)C2O)c2nc(N)nc([O-])c21. The third-order valence-corrected chi connectivity index (χ3v) is 7.72. The number of fused-ring (bicyclic) bond motifs is 1. The van der Waals surface area contributed by atoms with E-state index in [1.54, 1.807) is 0 Å². The summed E-state index contributed by atoms with van der Waals surface area (Å²) in [5.74, 6) is -0.985. The van der Waals surface area contributed by atoms with E-state index in [0.29, 0.717) is 4.34 Å². The van der Waals surface area contributed by atoms with Crippen LogP contribution in [0.5, 0.6) is 5.88 Å². The first-order valence-corrected chi connectivity index (χ1v) is 12.1. The second-order valence-electron chi connectivity index (χ2n) is 7.02. The van der Waals surface area contributed by atoms with Crippen LogP contribution in [0, 0.1) is 0 Å². The molecular weight excluding hydrogens is 488 g/mol. The van der Waals surface area contributed by atoms with Crippen molar-refractivity contribution in [3.63, 3.8) is 0 Å². The van der Waals surface area contributed by atoms with Gasteiger partial charge in [-0.3, -0.25) is 9.09 Å². The molecule has 1 aliphatic rings. The van der Waals surface area contributed by atoms with Crippen molar-refractivity contribution in [1.29, 1.82) is 0 Å². The van der Waals surface area contributed by atoms with Crippen LogP contribution in [0.25, 0.3) is 11.2 Å². The number of phosphoric acid groups is 1. The minimum absolute atomic E-state index is 0.0190. The van der Waals surface area contributed by atoms with E-state index in [4.69, 9.17) is 15.0 Å². The molecule has 1 aliphatic heterocycles. The van der Waals surface area contributed by atoms with Crippen molar-refractivity contribution in [3.05, 3.63) is 25.0 Å². The summed E-state index contributed by atoms with van der Waals surface area (Å²) < 4.78 is 42.0. The lowest BCUT2D eigenvalue weighted by Crippen LogP contribution is -2.46. The fourth-order valence-electron chi connectivity index (χ4n) is 3.28. The number of imidazole rings is 2. The highest BCUT2D eigenvalue weighted by Crippen LogP contribution is 2.60. The standard InChI is InChI=1S/C14H19N7O10P2/c1-19-6-21(11-8(19)12(24)18-14(15)17-11)13-10(23)9(22)7(30-13)4-29-33(27,28)31-32(25,26)20-3-2-16-5-20/h2-3,5-7,9-10,13,22-23H,4H2,1H3,(H4-,15,17,18,24,25,26,27,28). The molecule has 19 heteroatoms. The van der Waals surface area contributed by atoms with E-state index in [0.717, 1.165) is 18.7 Å². The molecule has 3 aromatic heterocycles. The molecule has 0 aromatic carbocycles. The average molecular weight is 507 g/mol. The van der Waals surface area contributed by atoms with Crippen molar-refractivity contribution in [3.8, 4) is 5.88 Å². The summed E-state index contributed by atoms with van der Waals surface area (Å²) in [4.78, 5) is 30.7. The third kappa shape index (κ3) is 4.50. The van der Waals surface area contributed by atoms with Gasteiger partial charge in [0.2, 0.25) is 6.23 Å². The Hall–Kier alpha value is -2.46. The molecule has 33 heavy (non-hydrogen) atoms. The molecule has 180 valence electrons. The number of anilines is 1. The van der Waals surface area contributed by atoms with Crippen molar-refractivity contribution in [1.82, 2.24) is 23.9 Å². The fourth-order valence-corrected chi connectivity index (χ4v) is 5.63. The van der Waals surface area contributed by atoms with Crippen LogP contribution < -0.4 is 15.4 Å². The molecule has 6 N–H and O–H groups in total. The van der Waals surface area contributed by atoms with Gasteiger partial charge in [0, 0.05) is 18.3 Å². The van der Waals surface area contributed by atoms with E-state index in [9.17, 15) is 34.2 Å². The maximum absolute atomic E-state index is 12.1. The molecule has 0 spiro atoms. The van der Waals surface area contributed by atoms with Crippen LogP contribution in [0.3, 0.4) is 0 Å². The number of aryl methyl sites for hydroxylation is 1. The van der Waals surface area contributed by atoms with Crippen LogP contribution >= 0.6 is 15.6 Å². The second kappa shape index (κ2) is 8.39. The van der Waals surface area contributed by atoms with Gasteiger partial charge in [0.25, 0.3) is 5.95 Å². The summed E-state index contributed by atoms with van der Waals surface area (Å²) >= 11 is 0. The van der Waals surface area contributed by atoms with E-state index in [1.165, 1.54) is 22.5 Å². The quantitative estimate of drug-likeness (QED) is 0.164. The van der Waals surface area contributed by atoms with Gasteiger partial charge in [-0.05, 0) is 0 Å². The van der Waals surface area contributed by atoms with Crippen molar-refractivity contribution >= 4 is 32.7 Å². The van der Waals surface area contributed by atoms with E-state index in [2.05, 4.69) is 19.3 Å². The Kier molecular flexibility index (Phi) is 6.03. The Morgan fingerprint density at radius 1 is 1.30 bits per heavy atom. The first-order valence-electron chi connectivity index (χ1n) is 9.12. The van der Waals surface area contributed by atoms with E-state index < -0.39 is 52.6 Å². The summed E-state index contributed by atoms with van der Waals surface area (Å²) in [5, 5.41) is 32.9. The highest BCUT2D eigenvalue weighted by Gasteiger charge is 2.48. The van der Waals surface area contributed by atoms with Gasteiger partial charge >= 0.3 is 21.2 Å². The number of aliphatic hydroxyl groups is 2. The van der Waals surface area contributed by atoms with Crippen LogP contribution in [-0.2, 0) is 29.7 Å². The molecule has 4 heterocycles. The Balaban J connectivity index is 1.50. The molecule has 17 nitrogen and oxygen atoms in total. The first-order chi connectivity index (χ1) is 15.4. The summed E-state index contributed by atoms with van der Waals surface area (Å²) in [5.41, 5.74) is 5.61. The Morgan fingerprint density at radius 2 is 2.03 bits per heavy atom. The molecule has 0 amide bonds. The molecule has 0 radical (unpaired) electrons. The summed E-state index contributed by atoms with van der Waals surface area (Å²) in [7, 11) is -8.40. The van der Waals surface area contributed by atoms with E-state index in [1.807, 2.05) is 0 Å². The van der Waals surface area contributed by atoms with Gasteiger partial charge in [0.1, 0.15) is 24.6 Å². The molecule has 1 fully saturated rings. The molecule has 6 atom stereocenters. The Labute approximate surface area is 184 Å². The second-order valence-corrected chi connectivity index (χ2v) is 10.3. The van der Waals surface area contributed by atoms with Crippen molar-refractivity contribution < 1.29 is 52.4 Å². The zero-order chi connectivity index (χ0) is 24.1. The van der Waals surface area contributed by atoms with Crippen molar-refractivity contribution in [2.75, 3.05) is 12.3 Å². The summed E-state index contributed by atoms with van der Waals surface area (Å²) in [6, 6.07) is 0. The number of ether oxygens (including phenoxy) is 1. The molecule has 0 bridgehead atoms. The van der Waals surface area contributed by atoms with Crippen LogP contribution in [0.4, 0.5) is 5.95 Å². The summed E-state index contributed by atoms with van der Waals surface area (Å²) in [6.07, 6.45) is -1.40. The lowest BCUT2D eigenvalue weighted by atomic mass is 10.1. The zero-order valence-corrected chi connectivity index (χ0v) is 18.5. The smallest absolute Gasteiger partial charge is 0.480 e. The normalized spacial score (nSPS) is 26.9. The van der Waals surface area contributed by atoms with Gasteiger partial charge < -0.3 is 35.6 Å². The topological polar surface area (TPSA) is 244 Å². The van der Waals surface area contributed by atoms with Gasteiger partial charge in [0.15, 0.2) is 11.8 Å². The lowest BCUT2D eigenvalue weighted by Gasteiger charge is -2.19. The molecule has 1 saturated heterocycles. The maximum atomic E-state index is 12.1. The predicted octanol–water partition coefficient (Wildman–Crippen LogP) is -2.49. The largest absolute Gasteiger partial charge is 0.856 e. The monoisotopic (exact) mass is 507 g/mol. The Bertz CT molecular complexity index is 1270. The van der Waals surface area contributed by atoms with E-state index in [-0.39, 0.29) is 17.1 Å². The zero-order valence-electron chi connectivity index (χ0n) is 16.7. The van der Waals surface area contributed by atoms with Gasteiger partial charge in [-0.25, -0.2) is 28.0 Å². The number of aromatic nitrogens is 6. The van der Waals surface area contributed by atoms with Crippen molar-refractivity contribution in [2.45, 2.75) is 24.5 Å². The fraction of sp³-hybridized carbons (Fsp3) is 0.429. The van der Waals surface area contributed by atoms with Crippen LogP contribution in [-0.4, -0.2) is 68.8 Å². The highest BCUT2D eigenvalue weighted by atomic mass is 31.3. The number of hydrogen-bond donors (Lipinski definition) is 5. The molecule has 3 aromatic rings. The minimum atomic E-state index is -5.12. The number of nitrogens with zero attached hydrogens (tertiary/aromatic N) is 6. The number of hydrogen-bond acceptors (Lipinski definition) is 12. The number of nitrogen functional groups attached to an aromatic ring is 1. The Morgan fingerprint density at radius 3 is 2.70 bits per heavy atom. The molecule has 0 saturated carbocycles. The predicted molar refractivity (Wildman–Crippen MR) is 103 cm³/mol. The van der Waals surface area contributed by atoms with Crippen LogP contribution in [0.15, 0.2) is 25.0 Å². The molecule has 6 unspecified atom stereocenters. The average Bonchev–Trinajstić information content (AvgIpc) is 3.41. The molecule has 0 aliphatic carbocycles. The number of rotatable bonds is 7. The highest BCUT2D eigenvalue weighted by molar-refractivity contribution is 7.63. The molecule has 4 rings (SSSR count). The first kappa shape index (κ1) is 23.7. The molecular formula is C14H19N7O10P2. The lowest BCUT2D eigenvalue weighted by molar-refractivity contribution is -0.745. The number of phosphoric ester groups is 1. The summed E-state index contributed by atoms with van der Waals surface area (Å²) in [6.45, 7) is -0.804. The van der Waals surface area contributed by atoms with Crippen molar-refractivity contribution in [2.24, 2.45) is 7.05 Å². The van der Waals surface area contributed by atoms with Crippen LogP contribution in [0.1, 0.15) is 6.23 Å². The number of nitrogens with two attached hydrogens (primary N) is 1. The van der Waals surface area contributed by atoms with Gasteiger partial charge in [-0.1, -0.05) is 4.98 Å². The van der Waals surface area contributed by atoms with Gasteiger partial charge in [0.05, 0.1) is 13.7 Å². The van der Waals surface area contributed by atoms with Gasteiger partial charge in [-0.15, -0.1) is 0 Å². The minimum Gasteiger partial charge on any atom is -0.856 e. The maximum Gasteiger partial charge on any atom is 0.480 e. The van der Waals surface area contributed by atoms with Crippen LogP contribution in [0.2, 0.25) is 0 Å². The number of aliphatic hydroxyl groups excluding tert-OH is 2. The van der Waals surface area contributed by atoms with E-state index >= 15 is 0 Å².